The first-order valence-corrected chi connectivity index (χ1v) is 13.2. The molecule has 0 aliphatic carbocycles. The Hall–Kier alpha value is -4.37. The van der Waals surface area contributed by atoms with E-state index in [0.717, 1.165) is 47.2 Å². The zero-order valence-corrected chi connectivity index (χ0v) is 22.3. The first kappa shape index (κ1) is 26.2. The van der Waals surface area contributed by atoms with E-state index >= 15 is 0 Å². The molecular formula is C30H33N7O2. The lowest BCUT2D eigenvalue weighted by Gasteiger charge is -2.22. The van der Waals surface area contributed by atoms with Crippen LogP contribution >= 0.6 is 0 Å². The molecule has 1 aliphatic heterocycles. The topological polar surface area (TPSA) is 98.3 Å². The van der Waals surface area contributed by atoms with Gasteiger partial charge in [-0.15, -0.1) is 10.2 Å². The maximum absolute atomic E-state index is 13.5. The Morgan fingerprint density at radius 1 is 0.872 bits per heavy atom. The van der Waals surface area contributed by atoms with Crippen LogP contribution in [0.3, 0.4) is 0 Å². The number of amides is 3. The molecule has 1 fully saturated rings. The molecule has 1 aromatic heterocycles. The van der Waals surface area contributed by atoms with Crippen molar-refractivity contribution in [1.82, 2.24) is 35.3 Å². The minimum Gasteiger partial charge on any atom is -0.309 e. The highest BCUT2D eigenvalue weighted by atomic mass is 16.2. The number of imide groups is 1. The zero-order valence-electron chi connectivity index (χ0n) is 22.3. The van der Waals surface area contributed by atoms with Crippen LogP contribution < -0.4 is 0 Å². The average Bonchev–Trinajstić information content (AvgIpc) is 3.57. The minimum absolute atomic E-state index is 0.0969. The summed E-state index contributed by atoms with van der Waals surface area (Å²) in [5.74, 6) is 0.437. The Bertz CT molecular complexity index is 1390. The summed E-state index contributed by atoms with van der Waals surface area (Å²) in [5.41, 5.74) is 5.01. The van der Waals surface area contributed by atoms with Gasteiger partial charge in [-0.05, 0) is 67.4 Å². The van der Waals surface area contributed by atoms with Gasteiger partial charge in [-0.1, -0.05) is 78.9 Å². The van der Waals surface area contributed by atoms with Crippen LogP contribution in [0.25, 0.3) is 22.5 Å². The molecule has 1 atom stereocenters. The van der Waals surface area contributed by atoms with Gasteiger partial charge >= 0.3 is 6.03 Å². The maximum Gasteiger partial charge on any atom is 0.327 e. The maximum atomic E-state index is 13.5. The van der Waals surface area contributed by atoms with Crippen LogP contribution in [0, 0.1) is 0 Å². The monoisotopic (exact) mass is 523 g/mol. The summed E-state index contributed by atoms with van der Waals surface area (Å²) >= 11 is 0. The van der Waals surface area contributed by atoms with Crippen LogP contribution in [0.15, 0.2) is 78.9 Å². The van der Waals surface area contributed by atoms with Gasteiger partial charge in [0, 0.05) is 18.7 Å². The van der Waals surface area contributed by atoms with Crippen LogP contribution in [0.5, 0.6) is 0 Å². The third-order valence-corrected chi connectivity index (χ3v) is 7.07. The highest BCUT2D eigenvalue weighted by Gasteiger charge is 2.44. The van der Waals surface area contributed by atoms with E-state index in [1.165, 1.54) is 4.90 Å². The molecule has 1 saturated heterocycles. The van der Waals surface area contributed by atoms with Crippen molar-refractivity contribution >= 4 is 11.9 Å². The van der Waals surface area contributed by atoms with Crippen molar-refractivity contribution in [3.05, 3.63) is 90.0 Å². The number of nitrogens with zero attached hydrogens (tertiary/aromatic N) is 6. The van der Waals surface area contributed by atoms with Gasteiger partial charge < -0.3 is 9.80 Å². The summed E-state index contributed by atoms with van der Waals surface area (Å²) in [6.07, 6.45) is 2.07. The number of urea groups is 1. The molecule has 0 unspecified atom stereocenters. The fourth-order valence-corrected chi connectivity index (χ4v) is 5.04. The molecule has 3 aromatic carbocycles. The van der Waals surface area contributed by atoms with Crippen molar-refractivity contribution in [1.29, 1.82) is 0 Å². The Labute approximate surface area is 228 Å². The number of H-pyrrole nitrogens is 1. The van der Waals surface area contributed by atoms with Crippen molar-refractivity contribution in [2.45, 2.75) is 31.8 Å². The third kappa shape index (κ3) is 6.04. The van der Waals surface area contributed by atoms with Crippen LogP contribution in [0.4, 0.5) is 4.79 Å². The summed E-state index contributed by atoms with van der Waals surface area (Å²) in [5, 5.41) is 14.5. The van der Waals surface area contributed by atoms with Gasteiger partial charge in [0.05, 0.1) is 0 Å². The molecule has 9 heteroatoms. The predicted octanol–water partition coefficient (Wildman–Crippen LogP) is 4.25. The summed E-state index contributed by atoms with van der Waals surface area (Å²) in [4.78, 5) is 32.2. The van der Waals surface area contributed by atoms with E-state index < -0.39 is 6.04 Å². The van der Waals surface area contributed by atoms with Crippen molar-refractivity contribution in [3.63, 3.8) is 0 Å². The van der Waals surface area contributed by atoms with Gasteiger partial charge in [-0.3, -0.25) is 9.69 Å². The second-order valence-corrected chi connectivity index (χ2v) is 10.1. The highest BCUT2D eigenvalue weighted by molar-refractivity contribution is 6.04. The van der Waals surface area contributed by atoms with Gasteiger partial charge in [0.15, 0.2) is 0 Å². The molecule has 0 radical (unpaired) electrons. The minimum atomic E-state index is -0.476. The Balaban J connectivity index is 1.35. The van der Waals surface area contributed by atoms with Gasteiger partial charge in [-0.2, -0.15) is 5.21 Å². The molecule has 0 bridgehead atoms. The van der Waals surface area contributed by atoms with Crippen LogP contribution in [-0.4, -0.2) is 80.5 Å². The number of hydrogen-bond acceptors (Lipinski definition) is 6. The number of carbonyl (C=O) groups is 2. The van der Waals surface area contributed by atoms with Gasteiger partial charge in [-0.25, -0.2) is 4.79 Å². The van der Waals surface area contributed by atoms with Crippen molar-refractivity contribution in [2.75, 3.05) is 27.2 Å². The second-order valence-electron chi connectivity index (χ2n) is 10.1. The Kier molecular flexibility index (Phi) is 8.07. The van der Waals surface area contributed by atoms with Crippen molar-refractivity contribution < 1.29 is 9.59 Å². The van der Waals surface area contributed by atoms with E-state index in [9.17, 15) is 9.59 Å². The van der Waals surface area contributed by atoms with E-state index in [-0.39, 0.29) is 11.9 Å². The lowest BCUT2D eigenvalue weighted by Crippen LogP contribution is -2.35. The lowest BCUT2D eigenvalue weighted by atomic mass is 9.98. The lowest BCUT2D eigenvalue weighted by molar-refractivity contribution is -0.128. The zero-order chi connectivity index (χ0) is 27.2. The summed E-state index contributed by atoms with van der Waals surface area (Å²) in [6, 6.07) is 25.4. The normalized spacial score (nSPS) is 15.5. The van der Waals surface area contributed by atoms with Crippen molar-refractivity contribution in [2.24, 2.45) is 0 Å². The molecular weight excluding hydrogens is 490 g/mol. The van der Waals surface area contributed by atoms with Crippen LogP contribution in [-0.2, 0) is 17.8 Å². The van der Waals surface area contributed by atoms with Crippen LogP contribution in [0.1, 0.15) is 24.0 Å². The molecule has 2 heterocycles. The number of benzene rings is 3. The largest absolute Gasteiger partial charge is 0.327 e. The molecule has 200 valence electrons. The molecule has 5 rings (SSSR count). The molecule has 1 aliphatic rings. The highest BCUT2D eigenvalue weighted by Crippen LogP contribution is 2.31. The summed E-state index contributed by atoms with van der Waals surface area (Å²) < 4.78 is 0. The number of nitrogens with one attached hydrogen (secondary N) is 1. The summed E-state index contributed by atoms with van der Waals surface area (Å²) in [7, 11) is 3.99. The van der Waals surface area contributed by atoms with E-state index in [2.05, 4.69) is 37.7 Å². The number of hydrogen-bond donors (Lipinski definition) is 1. The second kappa shape index (κ2) is 12.0. The van der Waals surface area contributed by atoms with Gasteiger partial charge in [0.1, 0.15) is 6.04 Å². The van der Waals surface area contributed by atoms with E-state index in [4.69, 9.17) is 0 Å². The van der Waals surface area contributed by atoms with E-state index in [1.54, 1.807) is 4.90 Å². The number of rotatable bonds is 11. The quantitative estimate of drug-likeness (QED) is 0.295. The van der Waals surface area contributed by atoms with Crippen molar-refractivity contribution in [3.8, 4) is 22.5 Å². The first-order chi connectivity index (χ1) is 19.0. The van der Waals surface area contributed by atoms with E-state index in [1.807, 2.05) is 80.8 Å². The Morgan fingerprint density at radius 2 is 1.59 bits per heavy atom. The third-order valence-electron chi connectivity index (χ3n) is 7.07. The average molecular weight is 524 g/mol. The fourth-order valence-electron chi connectivity index (χ4n) is 5.04. The predicted molar refractivity (Wildman–Crippen MR) is 149 cm³/mol. The molecule has 39 heavy (non-hydrogen) atoms. The molecule has 4 aromatic rings. The van der Waals surface area contributed by atoms with Gasteiger partial charge in [0.2, 0.25) is 5.82 Å². The molecule has 3 amide bonds. The number of tetrazole rings is 1. The standard InChI is InChI=1S/C30H33N7O2/c1-35(2)19-8-20-36-29(38)27(18-15-22-9-4-3-5-10-22)37(30(36)39)21-23-13-16-24(17-14-23)25-11-6-7-12-26(25)28-31-33-34-32-28/h3-7,9-14,16-17,27H,8,15,18-21H2,1-2H3,(H,31,32,33,34)/t27-/m0/s1. The first-order valence-electron chi connectivity index (χ1n) is 13.2. The Morgan fingerprint density at radius 3 is 2.28 bits per heavy atom. The smallest absolute Gasteiger partial charge is 0.309 e. The number of aromatic amines is 1. The van der Waals surface area contributed by atoms with Crippen LogP contribution in [0.2, 0.25) is 0 Å². The number of aromatic nitrogens is 4. The van der Waals surface area contributed by atoms with Gasteiger partial charge in [0.25, 0.3) is 5.91 Å². The molecule has 0 spiro atoms. The molecule has 0 saturated carbocycles. The number of carbonyl (C=O) groups excluding carboxylic acids is 2. The number of aryl methyl sites for hydroxylation is 1. The molecule has 9 nitrogen and oxygen atoms in total. The van der Waals surface area contributed by atoms with E-state index in [0.29, 0.717) is 25.3 Å². The molecule has 1 N–H and O–H groups in total. The SMILES string of the molecule is CN(C)CCCN1C(=O)[C@H](CCc2ccccc2)N(Cc2ccc(-c3ccccc3-c3nn[nH]n3)cc2)C1=O. The fraction of sp³-hybridized carbons (Fsp3) is 0.300. The summed E-state index contributed by atoms with van der Waals surface area (Å²) in [6.45, 7) is 1.62.